The Morgan fingerprint density at radius 2 is 1.91 bits per heavy atom. The van der Waals surface area contributed by atoms with Gasteiger partial charge >= 0.3 is 12.1 Å². The van der Waals surface area contributed by atoms with E-state index in [-0.39, 0.29) is 5.56 Å². The summed E-state index contributed by atoms with van der Waals surface area (Å²) in [4.78, 5) is 11.3. The fourth-order valence-electron chi connectivity index (χ4n) is 1.84. The van der Waals surface area contributed by atoms with Gasteiger partial charge in [0, 0.05) is 15.0 Å². The molecule has 0 aliphatic rings. The van der Waals surface area contributed by atoms with Gasteiger partial charge < -0.3 is 5.11 Å². The quantitative estimate of drug-likeness (QED) is 0.716. The van der Waals surface area contributed by atoms with E-state index < -0.39 is 43.2 Å². The van der Waals surface area contributed by atoms with E-state index in [0.29, 0.717) is 11.4 Å². The summed E-state index contributed by atoms with van der Waals surface area (Å²) in [6.45, 7) is -2.53. The van der Waals surface area contributed by atoms with Crippen LogP contribution >= 0.6 is 15.9 Å². The van der Waals surface area contributed by atoms with Crippen LogP contribution in [0.25, 0.3) is 0 Å². The van der Waals surface area contributed by atoms with E-state index in [2.05, 4.69) is 15.9 Å². The van der Waals surface area contributed by atoms with Crippen molar-refractivity contribution in [3.63, 3.8) is 0 Å². The third-order valence-electron chi connectivity index (χ3n) is 2.78. The largest absolute Gasteiger partial charge is 0.480 e. The first kappa shape index (κ1) is 14.4. The number of aliphatic carboxylic acids is 1. The highest BCUT2D eigenvalue weighted by atomic mass is 79.9. The van der Waals surface area contributed by atoms with E-state index in [0.717, 1.165) is 12.1 Å². The van der Waals surface area contributed by atoms with Crippen LogP contribution in [-0.4, -0.2) is 29.0 Å². The van der Waals surface area contributed by atoms with Gasteiger partial charge in [0.2, 0.25) is 0 Å². The fourth-order valence-corrected chi connectivity index (χ4v) is 2.10. The Bertz CT molecular complexity index is 606. The maximum atomic E-state index is 14.3. The van der Waals surface area contributed by atoms with Crippen LogP contribution in [0.4, 0.5) is 17.6 Å². The molecular formula is C14H16BrF4NO2. The molecule has 0 heterocycles. The molecule has 3 nitrogen and oxygen atoms in total. The standard InChI is InChI=1S/C14H16BrF4NO2/c1-13(2,16)7-10(12(21)22)20-11(14(17,18)19)8-3-5-9(15)6-4-8/h3-6,10-11,20H,7H2,1-2H3,(H,21,22)/t10-,11-/m0/s1/i1D3/t10-,11-,13?. The van der Waals surface area contributed by atoms with Gasteiger partial charge in [-0.15, -0.1) is 0 Å². The number of hydrogen-bond acceptors (Lipinski definition) is 2. The second-order valence-corrected chi connectivity index (χ2v) is 5.90. The lowest BCUT2D eigenvalue weighted by atomic mass is 9.98. The smallest absolute Gasteiger partial charge is 0.407 e. The number of alkyl halides is 4. The molecule has 124 valence electrons. The number of carboxylic acids is 1. The molecule has 3 atom stereocenters. The Hall–Kier alpha value is -1.15. The SMILES string of the molecule is [2H]C([2H])([2H])C(C)(F)C[C@H](N[C@@H](c1ccc(Br)cc1)C(F)(F)F)C(=O)O. The summed E-state index contributed by atoms with van der Waals surface area (Å²) in [5, 5.41) is 10.9. The second-order valence-electron chi connectivity index (χ2n) is 4.99. The van der Waals surface area contributed by atoms with Crippen LogP contribution in [0, 0.1) is 0 Å². The van der Waals surface area contributed by atoms with Gasteiger partial charge in [-0.2, -0.15) is 13.2 Å². The van der Waals surface area contributed by atoms with E-state index in [1.54, 1.807) is 0 Å². The number of carboxylic acid groups (broad SMARTS) is 1. The molecule has 0 amide bonds. The normalized spacial score (nSPS) is 20.2. The molecule has 2 N–H and O–H groups in total. The zero-order chi connectivity index (χ0) is 19.6. The number of halogens is 5. The van der Waals surface area contributed by atoms with Gasteiger partial charge in [0.05, 0.1) is 0 Å². The lowest BCUT2D eigenvalue weighted by molar-refractivity contribution is -0.164. The van der Waals surface area contributed by atoms with Crippen LogP contribution < -0.4 is 5.32 Å². The fraction of sp³-hybridized carbons (Fsp3) is 0.500. The van der Waals surface area contributed by atoms with Crippen molar-refractivity contribution in [3.05, 3.63) is 34.3 Å². The molecule has 0 aliphatic heterocycles. The third kappa shape index (κ3) is 5.92. The summed E-state index contributed by atoms with van der Waals surface area (Å²) in [5.41, 5.74) is -3.25. The molecule has 0 aromatic heterocycles. The Morgan fingerprint density at radius 3 is 2.32 bits per heavy atom. The van der Waals surface area contributed by atoms with Crippen LogP contribution in [0.3, 0.4) is 0 Å². The molecule has 0 spiro atoms. The molecule has 1 rings (SSSR count). The topological polar surface area (TPSA) is 49.3 Å². The molecule has 0 radical (unpaired) electrons. The number of benzene rings is 1. The van der Waals surface area contributed by atoms with Crippen molar-refractivity contribution in [2.45, 2.75) is 44.1 Å². The molecule has 0 saturated carbocycles. The summed E-state index contributed by atoms with van der Waals surface area (Å²) in [6, 6.07) is 0.499. The van der Waals surface area contributed by atoms with E-state index in [1.165, 1.54) is 12.1 Å². The number of nitrogens with one attached hydrogen (secondary N) is 1. The summed E-state index contributed by atoms with van der Waals surface area (Å²) in [5.74, 6) is -1.78. The third-order valence-corrected chi connectivity index (χ3v) is 3.31. The molecule has 22 heavy (non-hydrogen) atoms. The first-order chi connectivity index (χ1) is 11.1. The highest BCUT2D eigenvalue weighted by Crippen LogP contribution is 2.34. The zero-order valence-corrected chi connectivity index (χ0v) is 13.0. The minimum absolute atomic E-state index is 0.281. The van der Waals surface area contributed by atoms with Gasteiger partial charge in [-0.25, -0.2) is 4.39 Å². The first-order valence-electron chi connectivity index (χ1n) is 7.65. The maximum absolute atomic E-state index is 14.3. The number of rotatable bonds is 6. The van der Waals surface area contributed by atoms with Crippen LogP contribution in [0.15, 0.2) is 28.7 Å². The molecule has 0 aliphatic carbocycles. The average molecular weight is 389 g/mol. The van der Waals surface area contributed by atoms with Crippen molar-refractivity contribution in [1.82, 2.24) is 5.32 Å². The lowest BCUT2D eigenvalue weighted by Gasteiger charge is -2.28. The summed E-state index contributed by atoms with van der Waals surface area (Å²) in [7, 11) is 0. The van der Waals surface area contributed by atoms with E-state index >= 15 is 0 Å². The van der Waals surface area contributed by atoms with Gasteiger partial charge in [-0.3, -0.25) is 10.1 Å². The summed E-state index contributed by atoms with van der Waals surface area (Å²) in [6.07, 6.45) is -6.02. The summed E-state index contributed by atoms with van der Waals surface area (Å²) >= 11 is 3.07. The van der Waals surface area contributed by atoms with E-state index in [9.17, 15) is 22.4 Å². The second kappa shape index (κ2) is 6.95. The number of hydrogen-bond donors (Lipinski definition) is 2. The van der Waals surface area contributed by atoms with Crippen molar-refractivity contribution in [3.8, 4) is 0 Å². The summed E-state index contributed by atoms with van der Waals surface area (Å²) < 4.78 is 76.0. The molecular weight excluding hydrogens is 370 g/mol. The van der Waals surface area contributed by atoms with Crippen LogP contribution in [0.1, 0.15) is 35.9 Å². The predicted octanol–water partition coefficient (Wildman–Crippen LogP) is 4.23. The van der Waals surface area contributed by atoms with Gasteiger partial charge in [0.15, 0.2) is 0 Å². The van der Waals surface area contributed by atoms with Crippen molar-refractivity contribution >= 4 is 21.9 Å². The molecule has 8 heteroatoms. The molecule has 1 aromatic rings. The van der Waals surface area contributed by atoms with Gasteiger partial charge in [-0.05, 0) is 31.5 Å². The minimum Gasteiger partial charge on any atom is -0.480 e. The van der Waals surface area contributed by atoms with Crippen molar-refractivity contribution in [1.29, 1.82) is 0 Å². The predicted molar refractivity (Wildman–Crippen MR) is 77.3 cm³/mol. The van der Waals surface area contributed by atoms with Crippen molar-refractivity contribution < 1.29 is 31.6 Å². The molecule has 1 unspecified atom stereocenters. The van der Waals surface area contributed by atoms with E-state index in [1.807, 2.05) is 5.32 Å². The zero-order valence-electron chi connectivity index (χ0n) is 14.4. The molecule has 0 bridgehead atoms. The maximum Gasteiger partial charge on any atom is 0.407 e. The van der Waals surface area contributed by atoms with Gasteiger partial charge in [-0.1, -0.05) is 28.1 Å². The highest BCUT2D eigenvalue weighted by molar-refractivity contribution is 9.10. The van der Waals surface area contributed by atoms with Gasteiger partial charge in [0.1, 0.15) is 17.8 Å². The minimum atomic E-state index is -4.87. The number of carbonyl (C=O) groups is 1. The first-order valence-corrected chi connectivity index (χ1v) is 6.94. The van der Waals surface area contributed by atoms with Gasteiger partial charge in [0.25, 0.3) is 0 Å². The Labute approximate surface area is 138 Å². The Kier molecular flexibility index (Phi) is 4.56. The highest BCUT2D eigenvalue weighted by Gasteiger charge is 2.43. The van der Waals surface area contributed by atoms with Crippen molar-refractivity contribution in [2.24, 2.45) is 0 Å². The van der Waals surface area contributed by atoms with Crippen LogP contribution in [0.5, 0.6) is 0 Å². The Morgan fingerprint density at radius 1 is 1.36 bits per heavy atom. The Balaban J connectivity index is 3.14. The molecule has 0 fully saturated rings. The van der Waals surface area contributed by atoms with E-state index in [4.69, 9.17) is 9.22 Å². The van der Waals surface area contributed by atoms with Crippen LogP contribution in [0.2, 0.25) is 0 Å². The molecule has 1 aromatic carbocycles. The monoisotopic (exact) mass is 388 g/mol. The van der Waals surface area contributed by atoms with Crippen LogP contribution in [-0.2, 0) is 4.79 Å². The lowest BCUT2D eigenvalue weighted by Crippen LogP contribution is -2.47. The molecule has 0 saturated heterocycles. The average Bonchev–Trinajstić information content (AvgIpc) is 2.41. The van der Waals surface area contributed by atoms with Crippen molar-refractivity contribution in [2.75, 3.05) is 0 Å².